The Bertz CT molecular complexity index is 585. The molecule has 1 fully saturated rings. The van der Waals surface area contributed by atoms with E-state index in [1.54, 1.807) is 26.0 Å². The average Bonchev–Trinajstić information content (AvgIpc) is 2.52. The maximum atomic E-state index is 12.2. The quantitative estimate of drug-likeness (QED) is 0.863. The van der Waals surface area contributed by atoms with Crippen molar-refractivity contribution in [3.63, 3.8) is 0 Å². The fourth-order valence-electron chi connectivity index (χ4n) is 2.58. The van der Waals surface area contributed by atoms with E-state index in [0.717, 1.165) is 5.69 Å². The van der Waals surface area contributed by atoms with Crippen LogP contribution in [0, 0.1) is 5.92 Å². The molecule has 23 heavy (non-hydrogen) atoms. The van der Waals surface area contributed by atoms with E-state index in [2.05, 4.69) is 10.2 Å². The van der Waals surface area contributed by atoms with E-state index in [4.69, 9.17) is 5.11 Å². The monoisotopic (exact) mass is 318 g/mol. The predicted octanol–water partition coefficient (Wildman–Crippen LogP) is 1.69. The molecule has 1 aliphatic heterocycles. The van der Waals surface area contributed by atoms with Crippen LogP contribution in [0.25, 0.3) is 0 Å². The number of amides is 1. The molecule has 1 atom stereocenters. The molecule has 0 radical (unpaired) electrons. The summed E-state index contributed by atoms with van der Waals surface area (Å²) in [5.74, 6) is -1.35. The van der Waals surface area contributed by atoms with Crippen LogP contribution in [0.4, 0.5) is 5.69 Å². The molecule has 124 valence electrons. The Balaban J connectivity index is 2.02. The first kappa shape index (κ1) is 17.0. The van der Waals surface area contributed by atoms with Crippen LogP contribution in [0.2, 0.25) is 0 Å². The van der Waals surface area contributed by atoms with Gasteiger partial charge < -0.3 is 15.3 Å². The second-order valence-corrected chi connectivity index (χ2v) is 6.11. The Hall–Kier alpha value is -2.37. The number of carbonyl (C=O) groups is 3. The highest BCUT2D eigenvalue weighted by Gasteiger charge is 2.24. The van der Waals surface area contributed by atoms with E-state index in [1.165, 1.54) is 0 Å². The molecule has 1 heterocycles. The first-order valence-corrected chi connectivity index (χ1v) is 7.79. The number of carboxylic acid groups (broad SMARTS) is 1. The van der Waals surface area contributed by atoms with Crippen molar-refractivity contribution in [2.24, 2.45) is 5.92 Å². The second-order valence-electron chi connectivity index (χ2n) is 6.11. The zero-order valence-electron chi connectivity index (χ0n) is 13.4. The minimum absolute atomic E-state index is 0.193. The van der Waals surface area contributed by atoms with E-state index in [-0.39, 0.29) is 11.7 Å². The van der Waals surface area contributed by atoms with Gasteiger partial charge in [-0.05, 0) is 30.2 Å². The number of hydrogen-bond acceptors (Lipinski definition) is 4. The smallest absolute Gasteiger partial charge is 0.326 e. The lowest BCUT2D eigenvalue weighted by Gasteiger charge is -2.28. The van der Waals surface area contributed by atoms with Crippen LogP contribution in [-0.2, 0) is 9.59 Å². The number of rotatable bonds is 5. The predicted molar refractivity (Wildman–Crippen MR) is 86.6 cm³/mol. The lowest BCUT2D eigenvalue weighted by molar-refractivity contribution is -0.140. The SMILES string of the molecule is CC(C)[C@H](NC(=O)c1ccc(N2CCC(=O)CC2)cc1)C(=O)O. The average molecular weight is 318 g/mol. The number of aliphatic carboxylic acids is 1. The number of ketones is 1. The molecule has 1 amide bonds. The van der Waals surface area contributed by atoms with Crippen molar-refractivity contribution in [2.75, 3.05) is 18.0 Å². The maximum Gasteiger partial charge on any atom is 0.326 e. The molecule has 0 bridgehead atoms. The summed E-state index contributed by atoms with van der Waals surface area (Å²) < 4.78 is 0. The van der Waals surface area contributed by atoms with Gasteiger partial charge in [-0.3, -0.25) is 9.59 Å². The molecular formula is C17H22N2O4. The molecule has 0 aromatic heterocycles. The maximum absolute atomic E-state index is 12.2. The third kappa shape index (κ3) is 4.31. The zero-order valence-corrected chi connectivity index (χ0v) is 13.4. The van der Waals surface area contributed by atoms with Crippen molar-refractivity contribution in [1.29, 1.82) is 0 Å². The molecule has 0 spiro atoms. The van der Waals surface area contributed by atoms with Crippen LogP contribution in [0.15, 0.2) is 24.3 Å². The lowest BCUT2D eigenvalue weighted by atomic mass is 10.0. The van der Waals surface area contributed by atoms with Gasteiger partial charge in [0.2, 0.25) is 0 Å². The summed E-state index contributed by atoms with van der Waals surface area (Å²) in [5, 5.41) is 11.7. The highest BCUT2D eigenvalue weighted by Crippen LogP contribution is 2.19. The van der Waals surface area contributed by atoms with Gasteiger partial charge in [-0.25, -0.2) is 4.79 Å². The molecule has 6 heteroatoms. The number of nitrogens with zero attached hydrogens (tertiary/aromatic N) is 1. The van der Waals surface area contributed by atoms with Crippen LogP contribution < -0.4 is 10.2 Å². The summed E-state index contributed by atoms with van der Waals surface area (Å²) in [6.45, 7) is 4.89. The lowest BCUT2D eigenvalue weighted by Crippen LogP contribution is -2.44. The van der Waals surface area contributed by atoms with Gasteiger partial charge in [-0.15, -0.1) is 0 Å². The molecule has 0 saturated carbocycles. The van der Waals surface area contributed by atoms with Gasteiger partial charge in [0.15, 0.2) is 0 Å². The fraction of sp³-hybridized carbons (Fsp3) is 0.471. The third-order valence-electron chi connectivity index (χ3n) is 4.04. The summed E-state index contributed by atoms with van der Waals surface area (Å²) in [4.78, 5) is 36.7. The minimum atomic E-state index is -1.04. The van der Waals surface area contributed by atoms with Crippen LogP contribution in [0.5, 0.6) is 0 Å². The van der Waals surface area contributed by atoms with E-state index in [9.17, 15) is 14.4 Å². The van der Waals surface area contributed by atoms with Gasteiger partial charge in [0.25, 0.3) is 5.91 Å². The Morgan fingerprint density at radius 2 is 1.70 bits per heavy atom. The molecule has 0 unspecified atom stereocenters. The van der Waals surface area contributed by atoms with Gasteiger partial charge in [-0.2, -0.15) is 0 Å². The molecule has 2 rings (SSSR count). The Labute approximate surface area is 135 Å². The van der Waals surface area contributed by atoms with E-state index >= 15 is 0 Å². The van der Waals surface area contributed by atoms with Gasteiger partial charge in [0, 0.05) is 37.2 Å². The second kappa shape index (κ2) is 7.26. The van der Waals surface area contributed by atoms with E-state index in [0.29, 0.717) is 31.5 Å². The van der Waals surface area contributed by atoms with Crippen molar-refractivity contribution in [2.45, 2.75) is 32.7 Å². The number of Topliss-reactive ketones (excluding diaryl/α,β-unsaturated/α-hetero) is 1. The standard InChI is InChI=1S/C17H22N2O4/c1-11(2)15(17(22)23)18-16(21)12-3-5-13(6-4-12)19-9-7-14(20)8-10-19/h3-6,11,15H,7-10H2,1-2H3,(H,18,21)(H,22,23)/t15-/m0/s1. The van der Waals surface area contributed by atoms with Gasteiger partial charge in [0.05, 0.1) is 0 Å². The van der Waals surface area contributed by atoms with E-state index in [1.807, 2.05) is 12.1 Å². The summed E-state index contributed by atoms with van der Waals surface area (Å²) in [7, 11) is 0. The number of carbonyl (C=O) groups excluding carboxylic acids is 2. The zero-order chi connectivity index (χ0) is 17.0. The summed E-state index contributed by atoms with van der Waals surface area (Å²) in [6, 6.07) is 6.11. The van der Waals surface area contributed by atoms with Crippen molar-refractivity contribution in [3.05, 3.63) is 29.8 Å². The van der Waals surface area contributed by atoms with Crippen molar-refractivity contribution in [3.8, 4) is 0 Å². The highest BCUT2D eigenvalue weighted by molar-refractivity contribution is 5.97. The molecule has 2 N–H and O–H groups in total. The van der Waals surface area contributed by atoms with Crippen LogP contribution in [0.1, 0.15) is 37.0 Å². The third-order valence-corrected chi connectivity index (χ3v) is 4.04. The molecule has 1 aliphatic rings. The van der Waals surface area contributed by atoms with Gasteiger partial charge >= 0.3 is 5.97 Å². The molecule has 1 aromatic carbocycles. The van der Waals surface area contributed by atoms with Crippen LogP contribution >= 0.6 is 0 Å². The van der Waals surface area contributed by atoms with Crippen LogP contribution in [-0.4, -0.2) is 41.9 Å². The number of benzene rings is 1. The van der Waals surface area contributed by atoms with Crippen molar-refractivity contribution < 1.29 is 19.5 Å². The van der Waals surface area contributed by atoms with Crippen molar-refractivity contribution >= 4 is 23.3 Å². The molecule has 1 aromatic rings. The van der Waals surface area contributed by atoms with Crippen molar-refractivity contribution in [1.82, 2.24) is 5.32 Å². The molecule has 1 saturated heterocycles. The number of nitrogens with one attached hydrogen (secondary N) is 1. The molecule has 0 aliphatic carbocycles. The summed E-state index contributed by atoms with van der Waals surface area (Å²) >= 11 is 0. The topological polar surface area (TPSA) is 86.7 Å². The first-order valence-electron chi connectivity index (χ1n) is 7.79. The number of anilines is 1. The Morgan fingerprint density at radius 3 is 2.17 bits per heavy atom. The number of piperidine rings is 1. The summed E-state index contributed by atoms with van der Waals surface area (Å²) in [5.41, 5.74) is 1.39. The van der Waals surface area contributed by atoms with Gasteiger partial charge in [-0.1, -0.05) is 13.8 Å². The summed E-state index contributed by atoms with van der Waals surface area (Å²) in [6.07, 6.45) is 1.10. The minimum Gasteiger partial charge on any atom is -0.480 e. The Kier molecular flexibility index (Phi) is 5.36. The van der Waals surface area contributed by atoms with Gasteiger partial charge in [0.1, 0.15) is 11.8 Å². The number of carboxylic acids is 1. The largest absolute Gasteiger partial charge is 0.480 e. The number of hydrogen-bond donors (Lipinski definition) is 2. The molecular weight excluding hydrogens is 296 g/mol. The normalized spacial score (nSPS) is 16.3. The highest BCUT2D eigenvalue weighted by atomic mass is 16.4. The Morgan fingerprint density at radius 1 is 1.13 bits per heavy atom. The van der Waals surface area contributed by atoms with E-state index < -0.39 is 17.9 Å². The fourth-order valence-corrected chi connectivity index (χ4v) is 2.58. The first-order chi connectivity index (χ1) is 10.9. The van der Waals surface area contributed by atoms with Crippen LogP contribution in [0.3, 0.4) is 0 Å². The molecule has 6 nitrogen and oxygen atoms in total.